The Bertz CT molecular complexity index is 3070. The van der Waals surface area contributed by atoms with Crippen molar-refractivity contribution in [1.82, 2.24) is 4.57 Å². The van der Waals surface area contributed by atoms with Gasteiger partial charge in [-0.2, -0.15) is 0 Å². The predicted molar refractivity (Wildman–Crippen MR) is 248 cm³/mol. The number of hydrogen-bond acceptors (Lipinski definition) is 2. The first-order valence-corrected chi connectivity index (χ1v) is 22.3. The highest BCUT2D eigenvalue weighted by Gasteiger charge is 2.43. The summed E-state index contributed by atoms with van der Waals surface area (Å²) in [5.41, 5.74) is 8.83. The molecule has 1 aromatic heterocycles. The highest BCUT2D eigenvalue weighted by atomic mass is 28.3. The minimum Gasteiger partial charge on any atom is -0.458 e. The molecular formula is C54H36BNO2Si. The molecule has 276 valence electrons. The van der Waals surface area contributed by atoms with Crippen LogP contribution in [0.15, 0.2) is 218 Å². The van der Waals surface area contributed by atoms with Gasteiger partial charge in [0.05, 0.1) is 16.7 Å². The Balaban J connectivity index is 1.04. The lowest BCUT2D eigenvalue weighted by Crippen LogP contribution is -2.74. The molecule has 59 heavy (non-hydrogen) atoms. The highest BCUT2D eigenvalue weighted by molar-refractivity contribution is 7.19. The first-order chi connectivity index (χ1) is 29.3. The average Bonchev–Trinajstić information content (AvgIpc) is 3.65. The molecule has 5 heteroatoms. The number of aromatic nitrogens is 1. The second kappa shape index (κ2) is 13.4. The first kappa shape index (κ1) is 33.8. The van der Waals surface area contributed by atoms with Gasteiger partial charge >= 0.3 is 0 Å². The minimum atomic E-state index is -2.67. The first-order valence-electron chi connectivity index (χ1n) is 20.3. The lowest BCUT2D eigenvalue weighted by molar-refractivity contribution is 0.465. The molecule has 0 fully saturated rings. The van der Waals surface area contributed by atoms with Crippen molar-refractivity contribution in [2.24, 2.45) is 0 Å². The lowest BCUT2D eigenvalue weighted by Gasteiger charge is -2.35. The third-order valence-electron chi connectivity index (χ3n) is 12.5. The summed E-state index contributed by atoms with van der Waals surface area (Å²) in [6.45, 7) is -0.0468. The van der Waals surface area contributed by atoms with E-state index in [1.54, 1.807) is 0 Å². The van der Waals surface area contributed by atoms with E-state index in [0.29, 0.717) is 0 Å². The maximum atomic E-state index is 7.21. The fourth-order valence-corrected chi connectivity index (χ4v) is 14.7. The number of benzene rings is 9. The molecule has 3 heterocycles. The summed E-state index contributed by atoms with van der Waals surface area (Å²) in [6, 6.07) is 79.3. The summed E-state index contributed by atoms with van der Waals surface area (Å²) in [6.07, 6.45) is 0. The zero-order valence-corrected chi connectivity index (χ0v) is 33.1. The Morgan fingerprint density at radius 2 is 0.881 bits per heavy atom. The van der Waals surface area contributed by atoms with Crippen molar-refractivity contribution < 1.29 is 9.47 Å². The van der Waals surface area contributed by atoms with Gasteiger partial charge in [0.2, 0.25) is 0 Å². The number of fused-ring (bicyclic) bond motifs is 7. The van der Waals surface area contributed by atoms with Crippen LogP contribution in [-0.4, -0.2) is 19.4 Å². The van der Waals surface area contributed by atoms with Crippen LogP contribution in [-0.2, 0) is 0 Å². The second-order valence-corrected chi connectivity index (χ2v) is 19.4. The van der Waals surface area contributed by atoms with Crippen LogP contribution >= 0.6 is 0 Å². The van der Waals surface area contributed by atoms with Gasteiger partial charge in [-0.05, 0) is 55.4 Å². The quantitative estimate of drug-likeness (QED) is 0.125. The van der Waals surface area contributed by atoms with Crippen molar-refractivity contribution in [3.05, 3.63) is 218 Å². The number of nitrogens with zero attached hydrogens (tertiary/aromatic N) is 1. The van der Waals surface area contributed by atoms with Crippen LogP contribution in [0.5, 0.6) is 23.0 Å². The van der Waals surface area contributed by atoms with Crippen LogP contribution in [0.1, 0.15) is 0 Å². The Morgan fingerprint density at radius 3 is 1.49 bits per heavy atom. The van der Waals surface area contributed by atoms with Crippen LogP contribution in [0.4, 0.5) is 0 Å². The maximum absolute atomic E-state index is 7.21. The summed E-state index contributed by atoms with van der Waals surface area (Å²) >= 11 is 0. The van der Waals surface area contributed by atoms with E-state index in [2.05, 4.69) is 223 Å². The van der Waals surface area contributed by atoms with E-state index in [4.69, 9.17) is 9.47 Å². The van der Waals surface area contributed by atoms with E-state index in [1.165, 1.54) is 31.5 Å². The monoisotopic (exact) mass is 769 g/mol. The lowest BCUT2D eigenvalue weighted by atomic mass is 9.34. The molecule has 2 aliphatic heterocycles. The molecule has 10 aromatic rings. The molecule has 12 rings (SSSR count). The largest absolute Gasteiger partial charge is 0.458 e. The van der Waals surface area contributed by atoms with E-state index in [-0.39, 0.29) is 6.71 Å². The van der Waals surface area contributed by atoms with E-state index in [1.807, 2.05) is 0 Å². The smallest absolute Gasteiger partial charge is 0.260 e. The number of ether oxygens (including phenoxy) is 2. The molecular weight excluding hydrogens is 733 g/mol. The molecule has 0 radical (unpaired) electrons. The van der Waals surface area contributed by atoms with Gasteiger partial charge in [0, 0.05) is 33.9 Å². The fourth-order valence-electron chi connectivity index (χ4n) is 9.98. The van der Waals surface area contributed by atoms with Crippen LogP contribution < -0.4 is 46.6 Å². The van der Waals surface area contributed by atoms with Gasteiger partial charge in [-0.1, -0.05) is 188 Å². The normalized spacial score (nSPS) is 12.6. The van der Waals surface area contributed by atoms with Gasteiger partial charge in [-0.25, -0.2) is 0 Å². The number of hydrogen-bond donors (Lipinski definition) is 0. The van der Waals surface area contributed by atoms with Crippen molar-refractivity contribution in [3.63, 3.8) is 0 Å². The van der Waals surface area contributed by atoms with Crippen molar-refractivity contribution in [2.75, 3.05) is 0 Å². The molecule has 0 bridgehead atoms. The van der Waals surface area contributed by atoms with Crippen molar-refractivity contribution in [1.29, 1.82) is 0 Å². The van der Waals surface area contributed by atoms with Crippen molar-refractivity contribution in [3.8, 4) is 39.8 Å². The van der Waals surface area contributed by atoms with E-state index < -0.39 is 8.07 Å². The molecule has 2 aliphatic rings. The van der Waals surface area contributed by atoms with E-state index >= 15 is 0 Å². The summed E-state index contributed by atoms with van der Waals surface area (Å²) in [5, 5.41) is 7.84. The zero-order valence-electron chi connectivity index (χ0n) is 32.1. The van der Waals surface area contributed by atoms with Crippen LogP contribution in [0, 0.1) is 0 Å². The van der Waals surface area contributed by atoms with Crippen LogP contribution in [0.25, 0.3) is 38.6 Å². The van der Waals surface area contributed by atoms with Gasteiger partial charge in [0.15, 0.2) is 8.07 Å². The number of rotatable bonds is 6. The third kappa shape index (κ3) is 5.08. The van der Waals surface area contributed by atoms with Gasteiger partial charge in [0.1, 0.15) is 23.0 Å². The topological polar surface area (TPSA) is 23.4 Å². The SMILES string of the molecule is c1ccc([Si](c2ccccc2)(c2ccccc2)c2ccc(-c3cccc4c3Oc3cc(-n5c6ccccc6c6ccccc65)cc5c3B4c3ccccc3O5)cc2)cc1. The Hall–Kier alpha value is -7.34. The number of para-hydroxylation sites is 4. The molecule has 9 aromatic carbocycles. The summed E-state index contributed by atoms with van der Waals surface area (Å²) in [7, 11) is -2.67. The van der Waals surface area contributed by atoms with Gasteiger partial charge in [0.25, 0.3) is 6.71 Å². The summed E-state index contributed by atoms with van der Waals surface area (Å²) < 4.78 is 16.3. The molecule has 0 amide bonds. The Labute approximate surface area is 344 Å². The van der Waals surface area contributed by atoms with Crippen LogP contribution in [0.3, 0.4) is 0 Å². The Kier molecular flexibility index (Phi) is 7.65. The van der Waals surface area contributed by atoms with Crippen molar-refractivity contribution >= 4 is 73.7 Å². The molecule has 3 nitrogen and oxygen atoms in total. The third-order valence-corrected chi connectivity index (χ3v) is 17.3. The van der Waals surface area contributed by atoms with Crippen LogP contribution in [0.2, 0.25) is 0 Å². The fraction of sp³-hybridized carbons (Fsp3) is 0. The molecule has 0 unspecified atom stereocenters. The minimum absolute atomic E-state index is 0.0468. The molecule has 0 N–H and O–H groups in total. The highest BCUT2D eigenvalue weighted by Crippen LogP contribution is 2.42. The predicted octanol–water partition coefficient (Wildman–Crippen LogP) is 8.56. The molecule has 0 saturated heterocycles. The summed E-state index contributed by atoms with van der Waals surface area (Å²) in [4.78, 5) is 0. The van der Waals surface area contributed by atoms with Gasteiger partial charge in [-0.3, -0.25) is 0 Å². The average molecular weight is 770 g/mol. The molecule has 0 saturated carbocycles. The molecule has 0 spiro atoms. The molecule has 0 atom stereocenters. The van der Waals surface area contributed by atoms with Gasteiger partial charge < -0.3 is 14.0 Å². The Morgan fingerprint density at radius 1 is 0.390 bits per heavy atom. The second-order valence-electron chi connectivity index (χ2n) is 15.5. The van der Waals surface area contributed by atoms with E-state index in [0.717, 1.165) is 67.2 Å². The summed E-state index contributed by atoms with van der Waals surface area (Å²) in [5.74, 6) is 3.41. The molecule has 0 aliphatic carbocycles. The van der Waals surface area contributed by atoms with Crippen molar-refractivity contribution in [2.45, 2.75) is 0 Å². The maximum Gasteiger partial charge on any atom is 0.260 e. The van der Waals surface area contributed by atoms with Gasteiger partial charge in [-0.15, -0.1) is 0 Å². The van der Waals surface area contributed by atoms with E-state index in [9.17, 15) is 0 Å². The standard InChI is InChI=1S/C54H36BNO2Si/c1-4-17-39(18-5-1)59(40-19-6-2-7-20-40,41-21-8-3-9-22-41)42-33-31-37(32-34-42)43-25-16-27-47-54(43)58-52-36-38(35-51-53(52)55(47)46-26-12-15-30-50(46)57-51)56-48-28-13-10-23-44(48)45-24-11-14-29-49(45)56/h1-36H. The zero-order chi connectivity index (χ0) is 38.9.